The summed E-state index contributed by atoms with van der Waals surface area (Å²) in [5, 5.41) is 9.24. The van der Waals surface area contributed by atoms with Crippen LogP contribution in [-0.2, 0) is 13.0 Å². The van der Waals surface area contributed by atoms with E-state index in [1.807, 2.05) is 22.7 Å². The van der Waals surface area contributed by atoms with Gasteiger partial charge in [0.15, 0.2) is 0 Å². The molecule has 3 N–H and O–H groups in total. The van der Waals surface area contributed by atoms with E-state index in [2.05, 4.69) is 43.1 Å². The second-order valence-electron chi connectivity index (χ2n) is 6.06. The number of nitrogens with two attached hydrogens (primary N) is 1. The molecule has 22 heavy (non-hydrogen) atoms. The zero-order chi connectivity index (χ0) is 15.7. The number of hydrogen-bond acceptors (Lipinski definition) is 3. The van der Waals surface area contributed by atoms with Crippen LogP contribution in [0.25, 0.3) is 16.9 Å². The van der Waals surface area contributed by atoms with E-state index in [-0.39, 0.29) is 6.61 Å². The molecule has 0 radical (unpaired) electrons. The fraction of sp³-hybridized carbons (Fsp3) is 0.278. The second kappa shape index (κ2) is 5.81. The number of aliphatic hydroxyl groups excluding tert-OH is 1. The first-order valence-electron chi connectivity index (χ1n) is 7.55. The number of benzene rings is 1. The van der Waals surface area contributed by atoms with Crippen LogP contribution in [0.15, 0.2) is 42.6 Å². The molecule has 0 saturated carbocycles. The molecule has 3 aromatic rings. The summed E-state index contributed by atoms with van der Waals surface area (Å²) in [6.45, 7) is 4.42. The Morgan fingerprint density at radius 2 is 1.77 bits per heavy atom. The summed E-state index contributed by atoms with van der Waals surface area (Å²) in [4.78, 5) is 4.60. The number of nitrogens with zero attached hydrogens (tertiary/aromatic N) is 2. The van der Waals surface area contributed by atoms with Gasteiger partial charge >= 0.3 is 0 Å². The zero-order valence-electron chi connectivity index (χ0n) is 13.0. The minimum atomic E-state index is -0.00715. The minimum Gasteiger partial charge on any atom is -0.392 e. The number of anilines is 1. The minimum absolute atomic E-state index is 0.00715. The van der Waals surface area contributed by atoms with Crippen molar-refractivity contribution in [3.8, 4) is 11.3 Å². The molecular weight excluding hydrogens is 274 g/mol. The van der Waals surface area contributed by atoms with Gasteiger partial charge < -0.3 is 10.8 Å². The van der Waals surface area contributed by atoms with Crippen LogP contribution in [0, 0.1) is 5.92 Å². The van der Waals surface area contributed by atoms with Gasteiger partial charge in [0.25, 0.3) is 0 Å². The van der Waals surface area contributed by atoms with Crippen LogP contribution in [0.2, 0.25) is 0 Å². The molecule has 0 bridgehead atoms. The largest absolute Gasteiger partial charge is 0.392 e. The number of aliphatic hydroxyl groups is 1. The van der Waals surface area contributed by atoms with Crippen LogP contribution < -0.4 is 5.73 Å². The van der Waals surface area contributed by atoms with Crippen molar-refractivity contribution < 1.29 is 5.11 Å². The fourth-order valence-electron chi connectivity index (χ4n) is 2.68. The molecule has 0 aliphatic rings. The molecule has 0 fully saturated rings. The van der Waals surface area contributed by atoms with Gasteiger partial charge in [-0.1, -0.05) is 44.2 Å². The molecular formula is C18H21N3O. The van der Waals surface area contributed by atoms with Crippen LogP contribution in [0.5, 0.6) is 0 Å². The number of imidazole rings is 1. The third-order valence-corrected chi connectivity index (χ3v) is 3.77. The van der Waals surface area contributed by atoms with E-state index in [1.165, 1.54) is 5.56 Å². The molecule has 2 heterocycles. The maximum atomic E-state index is 9.24. The van der Waals surface area contributed by atoms with Gasteiger partial charge in [-0.2, -0.15) is 0 Å². The summed E-state index contributed by atoms with van der Waals surface area (Å²) in [7, 11) is 0. The van der Waals surface area contributed by atoms with Gasteiger partial charge in [-0.3, -0.25) is 4.40 Å². The van der Waals surface area contributed by atoms with Crippen molar-refractivity contribution >= 4 is 11.5 Å². The van der Waals surface area contributed by atoms with E-state index in [9.17, 15) is 5.11 Å². The average Bonchev–Trinajstić information content (AvgIpc) is 2.84. The van der Waals surface area contributed by atoms with Crippen molar-refractivity contribution in [2.24, 2.45) is 5.92 Å². The van der Waals surface area contributed by atoms with Gasteiger partial charge in [0.1, 0.15) is 17.2 Å². The van der Waals surface area contributed by atoms with E-state index < -0.39 is 0 Å². The molecule has 0 spiro atoms. The lowest BCUT2D eigenvalue weighted by Gasteiger charge is -2.06. The lowest BCUT2D eigenvalue weighted by atomic mass is 10.0. The molecule has 4 heteroatoms. The maximum absolute atomic E-state index is 9.24. The quantitative estimate of drug-likeness (QED) is 0.776. The van der Waals surface area contributed by atoms with Crippen LogP contribution in [0.4, 0.5) is 5.82 Å². The molecule has 0 aliphatic heterocycles. The number of rotatable bonds is 4. The Morgan fingerprint density at radius 3 is 2.41 bits per heavy atom. The van der Waals surface area contributed by atoms with Crippen molar-refractivity contribution in [2.75, 3.05) is 5.73 Å². The van der Waals surface area contributed by atoms with Crippen LogP contribution in [0.1, 0.15) is 25.0 Å². The third kappa shape index (κ3) is 2.70. The standard InChI is InChI=1S/C18H21N3O/c1-12(2)9-13-3-6-15(7-4-13)17-18(19)21-10-14(11-22)5-8-16(21)20-17/h3-8,10,12,22H,9,11,19H2,1-2H3. The van der Waals surface area contributed by atoms with Crippen LogP contribution in [-0.4, -0.2) is 14.5 Å². The van der Waals surface area contributed by atoms with E-state index in [0.717, 1.165) is 28.9 Å². The Labute approximate surface area is 130 Å². The van der Waals surface area contributed by atoms with Crippen molar-refractivity contribution in [2.45, 2.75) is 26.9 Å². The summed E-state index contributed by atoms with van der Waals surface area (Å²) in [6.07, 6.45) is 2.90. The molecule has 2 aromatic heterocycles. The van der Waals surface area contributed by atoms with Gasteiger partial charge in [-0.25, -0.2) is 4.98 Å². The molecule has 3 rings (SSSR count). The smallest absolute Gasteiger partial charge is 0.139 e. The Kier molecular flexibility index (Phi) is 3.86. The fourth-order valence-corrected chi connectivity index (χ4v) is 2.68. The van der Waals surface area contributed by atoms with Crippen LogP contribution in [0.3, 0.4) is 0 Å². The van der Waals surface area contributed by atoms with Gasteiger partial charge in [-0.15, -0.1) is 0 Å². The van der Waals surface area contributed by atoms with Crippen molar-refractivity contribution in [3.05, 3.63) is 53.7 Å². The molecule has 0 atom stereocenters. The molecule has 114 valence electrons. The summed E-state index contributed by atoms with van der Waals surface area (Å²) in [6, 6.07) is 12.2. The first-order valence-corrected chi connectivity index (χ1v) is 7.55. The van der Waals surface area contributed by atoms with Crippen molar-refractivity contribution in [3.63, 3.8) is 0 Å². The maximum Gasteiger partial charge on any atom is 0.139 e. The molecule has 0 saturated heterocycles. The number of aromatic nitrogens is 2. The first-order chi connectivity index (χ1) is 10.6. The highest BCUT2D eigenvalue weighted by Crippen LogP contribution is 2.27. The van der Waals surface area contributed by atoms with E-state index in [1.54, 1.807) is 0 Å². The second-order valence-corrected chi connectivity index (χ2v) is 6.06. The van der Waals surface area contributed by atoms with Crippen LogP contribution >= 0.6 is 0 Å². The topological polar surface area (TPSA) is 63.5 Å². The Bertz CT molecular complexity index is 788. The molecule has 4 nitrogen and oxygen atoms in total. The van der Waals surface area contributed by atoms with E-state index >= 15 is 0 Å². The number of hydrogen-bond donors (Lipinski definition) is 2. The molecule has 1 aromatic carbocycles. The third-order valence-electron chi connectivity index (χ3n) is 3.77. The highest BCUT2D eigenvalue weighted by molar-refractivity contribution is 5.75. The first kappa shape index (κ1) is 14.6. The summed E-state index contributed by atoms with van der Waals surface area (Å²) in [5.41, 5.74) is 11.0. The average molecular weight is 295 g/mol. The summed E-state index contributed by atoms with van der Waals surface area (Å²) in [5.74, 6) is 1.24. The molecule has 0 unspecified atom stereocenters. The summed E-state index contributed by atoms with van der Waals surface area (Å²) < 4.78 is 1.82. The zero-order valence-corrected chi connectivity index (χ0v) is 13.0. The van der Waals surface area contributed by atoms with Gasteiger partial charge in [0.05, 0.1) is 6.61 Å². The Hall–Kier alpha value is -2.33. The predicted molar refractivity (Wildman–Crippen MR) is 89.5 cm³/mol. The lowest BCUT2D eigenvalue weighted by molar-refractivity contribution is 0.281. The van der Waals surface area contributed by atoms with Gasteiger partial charge in [-0.05, 0) is 29.5 Å². The van der Waals surface area contributed by atoms with Gasteiger partial charge in [0.2, 0.25) is 0 Å². The SMILES string of the molecule is CC(C)Cc1ccc(-c2nc3ccc(CO)cn3c2N)cc1. The lowest BCUT2D eigenvalue weighted by Crippen LogP contribution is -1.96. The number of fused-ring (bicyclic) bond motifs is 1. The van der Waals surface area contributed by atoms with Crippen molar-refractivity contribution in [1.82, 2.24) is 9.38 Å². The van der Waals surface area contributed by atoms with Gasteiger partial charge in [0, 0.05) is 11.8 Å². The Morgan fingerprint density at radius 1 is 1.09 bits per heavy atom. The monoisotopic (exact) mass is 295 g/mol. The Balaban J connectivity index is 2.00. The highest BCUT2D eigenvalue weighted by Gasteiger charge is 2.11. The number of nitrogen functional groups attached to an aromatic ring is 1. The van der Waals surface area contributed by atoms with E-state index in [4.69, 9.17) is 5.73 Å². The molecule has 0 amide bonds. The summed E-state index contributed by atoms with van der Waals surface area (Å²) >= 11 is 0. The predicted octanol–water partition coefficient (Wildman–Crippen LogP) is 3.27. The highest BCUT2D eigenvalue weighted by atomic mass is 16.3. The number of pyridine rings is 1. The van der Waals surface area contributed by atoms with Crippen molar-refractivity contribution in [1.29, 1.82) is 0 Å². The molecule has 0 aliphatic carbocycles. The van der Waals surface area contributed by atoms with E-state index in [0.29, 0.717) is 11.7 Å². The normalized spacial score (nSPS) is 11.5.